The summed E-state index contributed by atoms with van der Waals surface area (Å²) in [4.78, 5) is 36.5. The van der Waals surface area contributed by atoms with Crippen molar-refractivity contribution in [2.24, 2.45) is 5.92 Å². The maximum atomic E-state index is 12.4. The lowest BCUT2D eigenvalue weighted by Crippen LogP contribution is -2.34. The molecule has 8 heteroatoms. The molecule has 1 amide bonds. The van der Waals surface area contributed by atoms with Gasteiger partial charge in [-0.15, -0.1) is 11.3 Å². The number of nitrogens with zero attached hydrogens (tertiary/aromatic N) is 3. The normalized spacial score (nSPS) is 18.3. The van der Waals surface area contributed by atoms with Gasteiger partial charge in [0, 0.05) is 32.1 Å². The number of aromatic nitrogens is 2. The quantitative estimate of drug-likeness (QED) is 0.519. The van der Waals surface area contributed by atoms with Gasteiger partial charge in [0.25, 0.3) is 5.91 Å². The zero-order valence-electron chi connectivity index (χ0n) is 18.7. The van der Waals surface area contributed by atoms with Gasteiger partial charge in [-0.2, -0.15) is 4.98 Å². The van der Waals surface area contributed by atoms with Crippen molar-refractivity contribution < 1.29 is 9.59 Å². The van der Waals surface area contributed by atoms with Crippen molar-refractivity contribution in [3.05, 3.63) is 46.2 Å². The van der Waals surface area contributed by atoms with E-state index in [1.807, 2.05) is 43.3 Å². The highest BCUT2D eigenvalue weighted by atomic mass is 32.1. The predicted molar refractivity (Wildman–Crippen MR) is 130 cm³/mol. The molecule has 0 spiro atoms. The second-order valence-corrected chi connectivity index (χ2v) is 9.66. The number of para-hydroxylation sites is 1. The van der Waals surface area contributed by atoms with E-state index >= 15 is 0 Å². The third-order valence-corrected chi connectivity index (χ3v) is 7.10. The van der Waals surface area contributed by atoms with Gasteiger partial charge >= 0.3 is 0 Å². The van der Waals surface area contributed by atoms with Crippen LogP contribution in [-0.4, -0.2) is 48.3 Å². The standard InChI is InChI=1S/C24H29N5O2S/c1-15(30)20-12-13-21(32-20)23(31)25-14-16-8-10-17(11-9-16)26-24-27-19-7-5-4-6-18(19)22(28-24)29(2)3/h4-7,12-13,16-17H,8-11,14H2,1-3H3,(H,25,31)(H,26,27,28)/t16-,17+. The number of rotatable bonds is 7. The molecule has 4 rings (SSSR count). The molecular formula is C24H29N5O2S. The molecule has 2 heterocycles. The van der Waals surface area contributed by atoms with Crippen LogP contribution in [0.3, 0.4) is 0 Å². The number of amides is 1. The topological polar surface area (TPSA) is 87.2 Å². The van der Waals surface area contributed by atoms with Crippen LogP contribution < -0.4 is 15.5 Å². The minimum absolute atomic E-state index is 0.00651. The number of hydrogen-bond acceptors (Lipinski definition) is 7. The largest absolute Gasteiger partial charge is 0.362 e. The summed E-state index contributed by atoms with van der Waals surface area (Å²) in [5.74, 6) is 1.94. The molecule has 2 N–H and O–H groups in total. The lowest BCUT2D eigenvalue weighted by molar-refractivity contribution is 0.0946. The van der Waals surface area contributed by atoms with Crippen LogP contribution in [0.2, 0.25) is 0 Å². The number of thiophene rings is 1. The van der Waals surface area contributed by atoms with Crippen LogP contribution in [0.5, 0.6) is 0 Å². The highest BCUT2D eigenvalue weighted by Crippen LogP contribution is 2.28. The molecule has 0 radical (unpaired) electrons. The Morgan fingerprint density at radius 1 is 1.03 bits per heavy atom. The lowest BCUT2D eigenvalue weighted by atomic mass is 9.86. The van der Waals surface area contributed by atoms with Crippen LogP contribution >= 0.6 is 11.3 Å². The molecule has 0 bridgehead atoms. The summed E-state index contributed by atoms with van der Waals surface area (Å²) in [7, 11) is 3.99. The molecule has 32 heavy (non-hydrogen) atoms. The summed E-state index contributed by atoms with van der Waals surface area (Å²) in [5, 5.41) is 7.61. The smallest absolute Gasteiger partial charge is 0.261 e. The van der Waals surface area contributed by atoms with E-state index in [9.17, 15) is 9.59 Å². The van der Waals surface area contributed by atoms with Crippen LogP contribution in [-0.2, 0) is 0 Å². The fourth-order valence-electron chi connectivity index (χ4n) is 4.13. The van der Waals surface area contributed by atoms with Gasteiger partial charge in [0.2, 0.25) is 5.95 Å². The predicted octanol–water partition coefficient (Wildman–Crippen LogP) is 4.36. The maximum absolute atomic E-state index is 12.4. The summed E-state index contributed by atoms with van der Waals surface area (Å²) >= 11 is 1.25. The molecule has 2 aromatic heterocycles. The summed E-state index contributed by atoms with van der Waals surface area (Å²) < 4.78 is 0. The number of carbonyl (C=O) groups excluding carboxylic acids is 2. The Balaban J connectivity index is 1.30. The summed E-state index contributed by atoms with van der Waals surface area (Å²) in [5.41, 5.74) is 0.937. The SMILES string of the molecule is CC(=O)c1ccc(C(=O)NC[C@H]2CC[C@@H](Nc3nc(N(C)C)c4ccccc4n3)CC2)s1. The molecule has 0 atom stereocenters. The van der Waals surface area contributed by atoms with Gasteiger partial charge in [-0.1, -0.05) is 12.1 Å². The second kappa shape index (κ2) is 9.65. The van der Waals surface area contributed by atoms with Crippen molar-refractivity contribution in [1.29, 1.82) is 0 Å². The fraction of sp³-hybridized carbons (Fsp3) is 0.417. The van der Waals surface area contributed by atoms with E-state index in [0.717, 1.165) is 42.4 Å². The first-order valence-electron chi connectivity index (χ1n) is 11.0. The van der Waals surface area contributed by atoms with E-state index in [4.69, 9.17) is 9.97 Å². The Morgan fingerprint density at radius 2 is 1.75 bits per heavy atom. The third-order valence-electron chi connectivity index (χ3n) is 5.91. The minimum Gasteiger partial charge on any atom is -0.362 e. The van der Waals surface area contributed by atoms with Crippen LogP contribution in [0.15, 0.2) is 36.4 Å². The Hall–Kier alpha value is -3.00. The highest BCUT2D eigenvalue weighted by Gasteiger charge is 2.23. The Labute approximate surface area is 192 Å². The molecule has 3 aromatic rings. The third kappa shape index (κ3) is 5.07. The van der Waals surface area contributed by atoms with E-state index in [1.54, 1.807) is 12.1 Å². The van der Waals surface area contributed by atoms with Crippen molar-refractivity contribution in [2.75, 3.05) is 30.9 Å². The first kappa shape index (κ1) is 22.2. The number of Topliss-reactive ketones (excluding diaryl/α,β-unsaturated/α-hetero) is 1. The minimum atomic E-state index is -0.0940. The zero-order valence-corrected chi connectivity index (χ0v) is 19.5. The van der Waals surface area contributed by atoms with E-state index < -0.39 is 0 Å². The number of nitrogens with one attached hydrogen (secondary N) is 2. The van der Waals surface area contributed by atoms with E-state index in [1.165, 1.54) is 18.3 Å². The molecule has 1 saturated carbocycles. The molecule has 1 aliphatic rings. The van der Waals surface area contributed by atoms with Crippen LogP contribution in [0.1, 0.15) is 52.0 Å². The van der Waals surface area contributed by atoms with Gasteiger partial charge in [-0.05, 0) is 62.8 Å². The van der Waals surface area contributed by atoms with Gasteiger partial charge in [-0.3, -0.25) is 9.59 Å². The van der Waals surface area contributed by atoms with Crippen molar-refractivity contribution in [2.45, 2.75) is 38.6 Å². The van der Waals surface area contributed by atoms with Gasteiger partial charge in [0.05, 0.1) is 15.3 Å². The molecule has 7 nitrogen and oxygen atoms in total. The van der Waals surface area contributed by atoms with Crippen molar-refractivity contribution >= 4 is 45.7 Å². The Bertz CT molecular complexity index is 1120. The van der Waals surface area contributed by atoms with Crippen molar-refractivity contribution in [3.63, 3.8) is 0 Å². The van der Waals surface area contributed by atoms with Gasteiger partial charge in [0.15, 0.2) is 5.78 Å². The number of hydrogen-bond donors (Lipinski definition) is 2. The molecule has 0 aliphatic heterocycles. The zero-order chi connectivity index (χ0) is 22.7. The molecule has 168 valence electrons. The number of benzene rings is 1. The number of anilines is 2. The number of ketones is 1. The van der Waals surface area contributed by atoms with E-state index in [-0.39, 0.29) is 11.7 Å². The molecular weight excluding hydrogens is 422 g/mol. The van der Waals surface area contributed by atoms with Crippen molar-refractivity contribution in [1.82, 2.24) is 15.3 Å². The Kier molecular flexibility index (Phi) is 6.69. The Morgan fingerprint density at radius 3 is 2.44 bits per heavy atom. The second-order valence-electron chi connectivity index (χ2n) is 8.57. The van der Waals surface area contributed by atoms with Gasteiger partial charge in [0.1, 0.15) is 5.82 Å². The molecule has 1 aliphatic carbocycles. The molecule has 0 unspecified atom stereocenters. The number of fused-ring (bicyclic) bond motifs is 1. The average Bonchev–Trinajstić information content (AvgIpc) is 3.29. The van der Waals surface area contributed by atoms with Crippen LogP contribution in [0.25, 0.3) is 10.9 Å². The van der Waals surface area contributed by atoms with Crippen molar-refractivity contribution in [3.8, 4) is 0 Å². The monoisotopic (exact) mass is 451 g/mol. The average molecular weight is 452 g/mol. The fourth-order valence-corrected chi connectivity index (χ4v) is 4.95. The first-order chi connectivity index (χ1) is 15.4. The van der Waals surface area contributed by atoms with Gasteiger partial charge < -0.3 is 15.5 Å². The highest BCUT2D eigenvalue weighted by molar-refractivity contribution is 7.15. The van der Waals surface area contributed by atoms with Gasteiger partial charge in [-0.25, -0.2) is 4.98 Å². The lowest BCUT2D eigenvalue weighted by Gasteiger charge is -2.29. The first-order valence-corrected chi connectivity index (χ1v) is 11.8. The molecule has 1 aromatic carbocycles. The number of carbonyl (C=O) groups is 2. The van der Waals surface area contributed by atoms with E-state index in [0.29, 0.717) is 34.2 Å². The molecule has 1 fully saturated rings. The summed E-state index contributed by atoms with van der Waals surface area (Å²) in [6.45, 7) is 2.18. The summed E-state index contributed by atoms with van der Waals surface area (Å²) in [6.07, 6.45) is 4.10. The summed E-state index contributed by atoms with van der Waals surface area (Å²) in [6, 6.07) is 11.8. The van der Waals surface area contributed by atoms with Crippen LogP contribution in [0.4, 0.5) is 11.8 Å². The van der Waals surface area contributed by atoms with Crippen LogP contribution in [0, 0.1) is 5.92 Å². The molecule has 0 saturated heterocycles. The van der Waals surface area contributed by atoms with E-state index in [2.05, 4.69) is 10.6 Å². The maximum Gasteiger partial charge on any atom is 0.261 e.